The Morgan fingerprint density at radius 2 is 2.22 bits per heavy atom. The van der Waals surface area contributed by atoms with Gasteiger partial charge >= 0.3 is 29.6 Å². The van der Waals surface area contributed by atoms with E-state index in [-0.39, 0.29) is 36.2 Å². The molecule has 0 radical (unpaired) electrons. The average Bonchev–Trinajstić information content (AvgIpc) is 1.90. The molecule has 0 aliphatic heterocycles. The Morgan fingerprint density at radius 1 is 1.44 bits per heavy atom. The molecule has 1 nitrogen and oxygen atoms in total. The molecule has 1 rings (SSSR count). The first-order valence-corrected chi connectivity index (χ1v) is 3.16. The zero-order valence-corrected chi connectivity index (χ0v) is 7.97. The van der Waals surface area contributed by atoms with Gasteiger partial charge in [0.05, 0.1) is 0 Å². The van der Waals surface area contributed by atoms with E-state index in [1.165, 1.54) is 0 Å². The van der Waals surface area contributed by atoms with E-state index in [4.69, 9.17) is 0 Å². The zero-order valence-electron chi connectivity index (χ0n) is 5.97. The third-order valence-corrected chi connectivity index (χ3v) is 1.61. The summed E-state index contributed by atoms with van der Waals surface area (Å²) < 4.78 is 0. The van der Waals surface area contributed by atoms with Gasteiger partial charge in [-0.25, -0.2) is 0 Å². The molecule has 0 saturated heterocycles. The van der Waals surface area contributed by atoms with Gasteiger partial charge in [-0.15, -0.1) is 6.61 Å². The molecule has 0 spiro atoms. The second-order valence-corrected chi connectivity index (χ2v) is 2.32. The van der Waals surface area contributed by atoms with Gasteiger partial charge in [-0.05, 0) is 19.3 Å². The molecule has 1 aliphatic carbocycles. The molecule has 2 heteroatoms. The van der Waals surface area contributed by atoms with Crippen LogP contribution < -0.4 is 34.7 Å². The monoisotopic (exact) mass is 134 g/mol. The molecule has 9 heavy (non-hydrogen) atoms. The molecular formula is C7H11NaO. The van der Waals surface area contributed by atoms with Crippen LogP contribution in [-0.2, 0) is 0 Å². The van der Waals surface area contributed by atoms with E-state index in [1.54, 1.807) is 0 Å². The Kier molecular flexibility index (Phi) is 5.91. The van der Waals surface area contributed by atoms with Crippen molar-refractivity contribution in [3.63, 3.8) is 0 Å². The molecule has 0 amide bonds. The Hall–Kier alpha value is 0.700. The summed E-state index contributed by atoms with van der Waals surface area (Å²) in [6, 6.07) is 0. The summed E-state index contributed by atoms with van der Waals surface area (Å²) in [5.74, 6) is 0.444. The van der Waals surface area contributed by atoms with Crippen molar-refractivity contribution in [3.05, 3.63) is 12.2 Å². The first-order valence-electron chi connectivity index (χ1n) is 3.16. The van der Waals surface area contributed by atoms with E-state index in [0.717, 1.165) is 19.3 Å². The van der Waals surface area contributed by atoms with E-state index in [0.29, 0.717) is 5.92 Å². The van der Waals surface area contributed by atoms with Gasteiger partial charge in [-0.2, -0.15) is 0 Å². The van der Waals surface area contributed by atoms with Crippen LogP contribution in [0.5, 0.6) is 0 Å². The molecule has 0 aromatic rings. The molecule has 1 aliphatic rings. The summed E-state index contributed by atoms with van der Waals surface area (Å²) in [6.45, 7) is 0.115. The van der Waals surface area contributed by atoms with Crippen LogP contribution >= 0.6 is 0 Å². The molecule has 0 saturated carbocycles. The van der Waals surface area contributed by atoms with Crippen molar-refractivity contribution >= 4 is 0 Å². The van der Waals surface area contributed by atoms with Gasteiger partial charge < -0.3 is 5.11 Å². The summed E-state index contributed by atoms with van der Waals surface area (Å²) in [6.07, 6.45) is 7.52. The Bertz CT molecular complexity index is 90.9. The summed E-state index contributed by atoms with van der Waals surface area (Å²) >= 11 is 0. The molecule has 1 unspecified atom stereocenters. The number of hydrogen-bond donors (Lipinski definition) is 0. The van der Waals surface area contributed by atoms with Gasteiger partial charge in [0, 0.05) is 0 Å². The molecule has 0 aromatic carbocycles. The maximum absolute atomic E-state index is 10.3. The molecule has 0 heterocycles. The maximum atomic E-state index is 10.3. The van der Waals surface area contributed by atoms with Crippen LogP contribution in [0.3, 0.4) is 0 Å². The van der Waals surface area contributed by atoms with E-state index in [2.05, 4.69) is 12.2 Å². The van der Waals surface area contributed by atoms with Gasteiger partial charge in [0.2, 0.25) is 0 Å². The molecular weight excluding hydrogens is 123 g/mol. The number of allylic oxidation sites excluding steroid dienone is 2. The van der Waals surface area contributed by atoms with E-state index in [1.807, 2.05) is 0 Å². The van der Waals surface area contributed by atoms with Gasteiger partial charge in [0.25, 0.3) is 0 Å². The van der Waals surface area contributed by atoms with Crippen molar-refractivity contribution < 1.29 is 34.7 Å². The smallest absolute Gasteiger partial charge is 0.854 e. The minimum atomic E-state index is 0. The van der Waals surface area contributed by atoms with Gasteiger partial charge in [0.1, 0.15) is 0 Å². The van der Waals surface area contributed by atoms with Crippen LogP contribution in [0.1, 0.15) is 19.3 Å². The second kappa shape index (κ2) is 5.48. The van der Waals surface area contributed by atoms with Crippen LogP contribution in [-0.4, -0.2) is 6.61 Å². The SMILES string of the molecule is [Na+].[O-]CC1CC=CCC1. The molecule has 46 valence electrons. The van der Waals surface area contributed by atoms with Crippen molar-refractivity contribution in [1.82, 2.24) is 0 Å². The summed E-state index contributed by atoms with van der Waals surface area (Å²) in [5, 5.41) is 10.3. The minimum Gasteiger partial charge on any atom is -0.854 e. The van der Waals surface area contributed by atoms with Crippen molar-refractivity contribution in [3.8, 4) is 0 Å². The van der Waals surface area contributed by atoms with E-state index >= 15 is 0 Å². The molecule has 1 atom stereocenters. The maximum Gasteiger partial charge on any atom is 1.00 e. The van der Waals surface area contributed by atoms with Crippen LogP contribution in [0.15, 0.2) is 12.2 Å². The molecule has 0 fully saturated rings. The van der Waals surface area contributed by atoms with Crippen LogP contribution in [0.25, 0.3) is 0 Å². The Morgan fingerprint density at radius 3 is 2.56 bits per heavy atom. The molecule has 0 aromatic heterocycles. The minimum absolute atomic E-state index is 0. The first kappa shape index (κ1) is 9.70. The predicted molar refractivity (Wildman–Crippen MR) is 31.3 cm³/mol. The van der Waals surface area contributed by atoms with Crippen LogP contribution in [0, 0.1) is 5.92 Å². The van der Waals surface area contributed by atoms with Crippen molar-refractivity contribution in [2.45, 2.75) is 19.3 Å². The van der Waals surface area contributed by atoms with E-state index < -0.39 is 0 Å². The van der Waals surface area contributed by atoms with Crippen molar-refractivity contribution in [2.24, 2.45) is 5.92 Å². The standard InChI is InChI=1S/C7H11O.Na/c8-6-7-4-2-1-3-5-7;/h1-2,7H,3-6H2;/q-1;+1. The van der Waals surface area contributed by atoms with Crippen molar-refractivity contribution in [2.75, 3.05) is 6.61 Å². The Balaban J connectivity index is 0.000000640. The summed E-state index contributed by atoms with van der Waals surface area (Å²) in [4.78, 5) is 0. The fourth-order valence-electron chi connectivity index (χ4n) is 1.01. The second-order valence-electron chi connectivity index (χ2n) is 2.32. The number of rotatable bonds is 1. The molecule has 0 N–H and O–H groups in total. The fourth-order valence-corrected chi connectivity index (χ4v) is 1.01. The quantitative estimate of drug-likeness (QED) is 0.292. The van der Waals surface area contributed by atoms with Crippen LogP contribution in [0.2, 0.25) is 0 Å². The average molecular weight is 134 g/mol. The third kappa shape index (κ3) is 3.41. The fraction of sp³-hybridized carbons (Fsp3) is 0.714. The third-order valence-electron chi connectivity index (χ3n) is 1.61. The van der Waals surface area contributed by atoms with Crippen LogP contribution in [0.4, 0.5) is 0 Å². The Labute approximate surface area is 78.4 Å². The zero-order chi connectivity index (χ0) is 5.82. The molecule has 0 bridgehead atoms. The first-order chi connectivity index (χ1) is 3.93. The predicted octanol–water partition coefficient (Wildman–Crippen LogP) is -2.29. The van der Waals surface area contributed by atoms with E-state index in [9.17, 15) is 5.11 Å². The van der Waals surface area contributed by atoms with Gasteiger partial charge in [-0.3, -0.25) is 0 Å². The summed E-state index contributed by atoms with van der Waals surface area (Å²) in [5.41, 5.74) is 0. The van der Waals surface area contributed by atoms with Crippen molar-refractivity contribution in [1.29, 1.82) is 0 Å². The normalized spacial score (nSPS) is 25.2. The largest absolute Gasteiger partial charge is 1.00 e. The topological polar surface area (TPSA) is 23.1 Å². The number of hydrogen-bond acceptors (Lipinski definition) is 1. The summed E-state index contributed by atoms with van der Waals surface area (Å²) in [7, 11) is 0. The van der Waals surface area contributed by atoms with Gasteiger partial charge in [0.15, 0.2) is 0 Å². The van der Waals surface area contributed by atoms with Gasteiger partial charge in [-0.1, -0.05) is 18.1 Å².